The molecule has 2 aromatic carbocycles. The van der Waals surface area contributed by atoms with Crippen molar-refractivity contribution in [2.45, 2.75) is 26.4 Å². The van der Waals surface area contributed by atoms with E-state index in [-0.39, 0.29) is 16.9 Å². The summed E-state index contributed by atoms with van der Waals surface area (Å²) in [6, 6.07) is 6.01. The van der Waals surface area contributed by atoms with E-state index in [4.69, 9.17) is 8.85 Å². The number of Topliss-reactive ketones (excluding diaryl/α,β-unsaturated/α-hetero) is 1. The second-order valence-corrected chi connectivity index (χ2v) is 7.48. The Morgan fingerprint density at radius 1 is 0.973 bits per heavy atom. The lowest BCUT2D eigenvalue weighted by Gasteiger charge is -2.19. The fourth-order valence-electron chi connectivity index (χ4n) is 3.15. The third kappa shape index (κ3) is 6.90. The lowest BCUT2D eigenvalue weighted by Crippen LogP contribution is -2.20. The van der Waals surface area contributed by atoms with Crippen molar-refractivity contribution in [2.75, 3.05) is 12.4 Å². The number of hydrogen-bond donors (Lipinski definition) is 1. The van der Waals surface area contributed by atoms with Crippen LogP contribution in [0.2, 0.25) is 0 Å². The van der Waals surface area contributed by atoms with Crippen LogP contribution in [-0.4, -0.2) is 30.1 Å². The molecule has 0 aliphatic heterocycles. The first-order valence-corrected chi connectivity index (χ1v) is 10.1. The summed E-state index contributed by atoms with van der Waals surface area (Å²) in [5.74, 6) is -4.93. The van der Waals surface area contributed by atoms with Gasteiger partial charge in [-0.15, -0.1) is 13.2 Å². The SMILES string of the molecule is [2H]C([2H])([2H])Oc1cc(OC(F)(F)F)ccc1Oc1cc(C)cc(C(F)(F)F)c1C(=O)Nc1ccnc(C(C)=O)c1. The molecule has 0 spiro atoms. The Bertz CT molecular complexity index is 1440. The molecule has 0 saturated heterocycles. The number of ether oxygens (including phenoxy) is 3. The van der Waals surface area contributed by atoms with Crippen LogP contribution in [0.25, 0.3) is 0 Å². The van der Waals surface area contributed by atoms with Gasteiger partial charge in [0.1, 0.15) is 17.2 Å². The molecule has 7 nitrogen and oxygen atoms in total. The standard InChI is InChI=1S/C24H18F6N2O5/c1-12-8-16(23(25,26)27)21(22(34)32-14-6-7-31-17(10-14)13(2)33)20(9-12)36-18-5-4-15(11-19(18)35-3)37-24(28,29)30/h4-11H,1-3H3,(H,31,32,34)/i3D3. The van der Waals surface area contributed by atoms with Crippen LogP contribution in [0.4, 0.5) is 32.0 Å². The number of halogens is 6. The number of anilines is 1. The lowest BCUT2D eigenvalue weighted by atomic mass is 10.0. The van der Waals surface area contributed by atoms with Gasteiger partial charge in [-0.2, -0.15) is 13.2 Å². The number of carbonyl (C=O) groups excluding carboxylic acids is 2. The molecule has 0 saturated carbocycles. The molecule has 1 heterocycles. The molecule has 0 fully saturated rings. The molecule has 196 valence electrons. The quantitative estimate of drug-likeness (QED) is 0.274. The normalized spacial score (nSPS) is 13.1. The van der Waals surface area contributed by atoms with Gasteiger partial charge < -0.3 is 19.5 Å². The van der Waals surface area contributed by atoms with E-state index in [0.29, 0.717) is 18.2 Å². The summed E-state index contributed by atoms with van der Waals surface area (Å²) in [5.41, 5.74) is -2.67. The highest BCUT2D eigenvalue weighted by molar-refractivity contribution is 6.08. The number of methoxy groups -OCH3 is 1. The van der Waals surface area contributed by atoms with Crippen molar-refractivity contribution in [2.24, 2.45) is 0 Å². The number of pyridine rings is 1. The molecule has 13 heteroatoms. The van der Waals surface area contributed by atoms with Gasteiger partial charge in [-0.1, -0.05) is 0 Å². The predicted molar refractivity (Wildman–Crippen MR) is 118 cm³/mol. The minimum Gasteiger partial charge on any atom is -0.493 e. The smallest absolute Gasteiger partial charge is 0.493 e. The van der Waals surface area contributed by atoms with Gasteiger partial charge in [0.15, 0.2) is 17.3 Å². The first-order valence-electron chi connectivity index (χ1n) is 11.6. The highest BCUT2D eigenvalue weighted by atomic mass is 19.4. The summed E-state index contributed by atoms with van der Waals surface area (Å²) in [4.78, 5) is 28.5. The predicted octanol–water partition coefficient (Wildman–Crippen LogP) is 6.56. The van der Waals surface area contributed by atoms with Gasteiger partial charge in [-0.25, -0.2) is 0 Å². The number of hydrogen-bond acceptors (Lipinski definition) is 6. The summed E-state index contributed by atoms with van der Waals surface area (Å²) in [6.07, 6.45) is -9.09. The van der Waals surface area contributed by atoms with E-state index in [1.165, 1.54) is 19.9 Å². The second-order valence-electron chi connectivity index (χ2n) is 7.48. The number of carbonyl (C=O) groups is 2. The molecular formula is C24H18F6N2O5. The van der Waals surface area contributed by atoms with E-state index in [9.17, 15) is 35.9 Å². The summed E-state index contributed by atoms with van der Waals surface area (Å²) >= 11 is 0. The number of aromatic nitrogens is 1. The molecule has 0 unspecified atom stereocenters. The number of amides is 1. The lowest BCUT2D eigenvalue weighted by molar-refractivity contribution is -0.274. The summed E-state index contributed by atoms with van der Waals surface area (Å²) in [5, 5.41) is 2.22. The van der Waals surface area contributed by atoms with Gasteiger partial charge in [0, 0.05) is 24.9 Å². The summed E-state index contributed by atoms with van der Waals surface area (Å²) in [7, 11) is -3.21. The molecule has 3 rings (SSSR count). The highest BCUT2D eigenvalue weighted by Gasteiger charge is 2.38. The van der Waals surface area contributed by atoms with Gasteiger partial charge in [0.2, 0.25) is 0 Å². The van der Waals surface area contributed by atoms with Crippen LogP contribution in [0.5, 0.6) is 23.0 Å². The van der Waals surface area contributed by atoms with Crippen molar-refractivity contribution in [1.82, 2.24) is 4.98 Å². The van der Waals surface area contributed by atoms with Crippen molar-refractivity contribution in [3.63, 3.8) is 0 Å². The van der Waals surface area contributed by atoms with E-state index >= 15 is 0 Å². The largest absolute Gasteiger partial charge is 0.573 e. The molecule has 0 radical (unpaired) electrons. The zero-order chi connectivity index (χ0) is 30.0. The number of alkyl halides is 6. The van der Waals surface area contributed by atoms with Gasteiger partial charge in [0.25, 0.3) is 5.91 Å². The molecule has 1 amide bonds. The Morgan fingerprint density at radius 3 is 2.32 bits per heavy atom. The van der Waals surface area contributed by atoms with Crippen molar-refractivity contribution in [3.8, 4) is 23.0 Å². The fourth-order valence-corrected chi connectivity index (χ4v) is 3.15. The van der Waals surface area contributed by atoms with Crippen molar-refractivity contribution in [1.29, 1.82) is 0 Å². The van der Waals surface area contributed by atoms with Crippen LogP contribution >= 0.6 is 0 Å². The zero-order valence-electron chi connectivity index (χ0n) is 21.9. The van der Waals surface area contributed by atoms with Gasteiger partial charge >= 0.3 is 12.5 Å². The van der Waals surface area contributed by atoms with Gasteiger partial charge in [-0.05, 0) is 48.9 Å². The minimum absolute atomic E-state index is 0.0306. The Balaban J connectivity index is 2.14. The van der Waals surface area contributed by atoms with Crippen LogP contribution in [0.3, 0.4) is 0 Å². The van der Waals surface area contributed by atoms with Crippen LogP contribution in [0, 0.1) is 6.92 Å². The average Bonchev–Trinajstić information content (AvgIpc) is 2.78. The molecule has 3 aromatic rings. The second kappa shape index (κ2) is 10.4. The summed E-state index contributed by atoms with van der Waals surface area (Å²) in [6.45, 7) is 2.44. The first kappa shape index (κ1) is 23.1. The maximum absolute atomic E-state index is 14.0. The third-order valence-electron chi connectivity index (χ3n) is 4.64. The summed E-state index contributed by atoms with van der Waals surface area (Å²) < 4.78 is 116. The molecular weight excluding hydrogens is 510 g/mol. The maximum Gasteiger partial charge on any atom is 0.573 e. The number of aryl methyl sites for hydroxylation is 1. The van der Waals surface area contributed by atoms with E-state index in [1.54, 1.807) is 0 Å². The molecule has 1 N–H and O–H groups in total. The van der Waals surface area contributed by atoms with Gasteiger partial charge in [0.05, 0.1) is 22.3 Å². The van der Waals surface area contributed by atoms with E-state index in [0.717, 1.165) is 24.4 Å². The molecule has 1 aromatic heterocycles. The molecule has 0 atom stereocenters. The van der Waals surface area contributed by atoms with Crippen LogP contribution in [0.1, 0.15) is 43.0 Å². The number of rotatable bonds is 7. The van der Waals surface area contributed by atoms with Crippen LogP contribution in [-0.2, 0) is 6.18 Å². The van der Waals surface area contributed by atoms with Crippen molar-refractivity contribution < 1.29 is 54.3 Å². The Labute approximate surface area is 210 Å². The third-order valence-corrected chi connectivity index (χ3v) is 4.64. The van der Waals surface area contributed by atoms with Crippen LogP contribution in [0.15, 0.2) is 48.7 Å². The monoisotopic (exact) mass is 531 g/mol. The van der Waals surface area contributed by atoms with E-state index < -0.39 is 65.4 Å². The van der Waals surface area contributed by atoms with E-state index in [1.807, 2.05) is 0 Å². The number of nitrogens with one attached hydrogen (secondary N) is 1. The Morgan fingerprint density at radius 2 is 1.70 bits per heavy atom. The number of ketones is 1. The van der Waals surface area contributed by atoms with E-state index in [2.05, 4.69) is 19.8 Å². The number of benzene rings is 2. The van der Waals surface area contributed by atoms with Crippen molar-refractivity contribution in [3.05, 3.63) is 71.0 Å². The fraction of sp³-hybridized carbons (Fsp3) is 0.208. The highest BCUT2D eigenvalue weighted by Crippen LogP contribution is 2.42. The number of nitrogens with zero attached hydrogens (tertiary/aromatic N) is 1. The Kier molecular flexibility index (Phi) is 6.48. The average molecular weight is 531 g/mol. The molecule has 0 aliphatic carbocycles. The molecule has 37 heavy (non-hydrogen) atoms. The zero-order valence-corrected chi connectivity index (χ0v) is 18.9. The minimum atomic E-state index is -5.15. The van der Waals surface area contributed by atoms with Crippen molar-refractivity contribution >= 4 is 17.4 Å². The molecule has 0 bridgehead atoms. The Hall–Kier alpha value is -4.29. The first-order chi connectivity index (χ1) is 18.3. The molecule has 0 aliphatic rings. The van der Waals surface area contributed by atoms with Gasteiger partial charge in [-0.3, -0.25) is 14.6 Å². The van der Waals surface area contributed by atoms with Crippen LogP contribution < -0.4 is 19.5 Å². The maximum atomic E-state index is 14.0. The topological polar surface area (TPSA) is 86.8 Å².